The number of esters is 1. The SMILES string of the molecule is COC(=O)C(NC(=O)c1c(-c2ccccc2)nn(C)c1Cl)c1ccccc1. The molecule has 1 heterocycles. The summed E-state index contributed by atoms with van der Waals surface area (Å²) < 4.78 is 6.27. The zero-order valence-electron chi connectivity index (χ0n) is 14.8. The summed E-state index contributed by atoms with van der Waals surface area (Å²) in [6, 6.07) is 17.2. The number of benzene rings is 2. The second-order valence-corrected chi connectivity index (χ2v) is 6.20. The van der Waals surface area contributed by atoms with E-state index in [0.717, 1.165) is 5.56 Å². The Morgan fingerprint density at radius 1 is 1.07 bits per heavy atom. The van der Waals surface area contributed by atoms with Crippen LogP contribution in [-0.2, 0) is 16.6 Å². The van der Waals surface area contributed by atoms with Crippen LogP contribution in [0.1, 0.15) is 22.0 Å². The zero-order chi connectivity index (χ0) is 19.4. The Kier molecular flexibility index (Phi) is 5.57. The number of nitrogens with one attached hydrogen (secondary N) is 1. The van der Waals surface area contributed by atoms with E-state index in [0.29, 0.717) is 11.3 Å². The predicted octanol–water partition coefficient (Wildman–Crippen LogP) is 3.38. The van der Waals surface area contributed by atoms with Crippen molar-refractivity contribution in [3.05, 3.63) is 76.9 Å². The summed E-state index contributed by atoms with van der Waals surface area (Å²) in [5.74, 6) is -1.08. The molecule has 1 amide bonds. The second kappa shape index (κ2) is 8.05. The van der Waals surface area contributed by atoms with Gasteiger partial charge in [0.2, 0.25) is 0 Å². The molecule has 0 saturated heterocycles. The van der Waals surface area contributed by atoms with Crippen LogP contribution in [0.5, 0.6) is 0 Å². The van der Waals surface area contributed by atoms with Gasteiger partial charge in [0.05, 0.1) is 7.11 Å². The number of hydrogen-bond donors (Lipinski definition) is 1. The summed E-state index contributed by atoms with van der Waals surface area (Å²) >= 11 is 6.33. The third kappa shape index (κ3) is 3.85. The van der Waals surface area contributed by atoms with E-state index in [2.05, 4.69) is 10.4 Å². The van der Waals surface area contributed by atoms with Gasteiger partial charge in [0.1, 0.15) is 16.4 Å². The van der Waals surface area contributed by atoms with Crippen LogP contribution >= 0.6 is 11.6 Å². The van der Waals surface area contributed by atoms with Crippen LogP contribution in [0.2, 0.25) is 5.15 Å². The number of carbonyl (C=O) groups excluding carboxylic acids is 2. The number of rotatable bonds is 5. The van der Waals surface area contributed by atoms with Crippen molar-refractivity contribution in [1.29, 1.82) is 0 Å². The molecule has 0 saturated carbocycles. The van der Waals surface area contributed by atoms with Crippen LogP contribution in [0.3, 0.4) is 0 Å². The van der Waals surface area contributed by atoms with Gasteiger partial charge in [-0.15, -0.1) is 0 Å². The Bertz CT molecular complexity index is 955. The summed E-state index contributed by atoms with van der Waals surface area (Å²) in [7, 11) is 2.93. The molecule has 1 unspecified atom stereocenters. The van der Waals surface area contributed by atoms with E-state index in [4.69, 9.17) is 16.3 Å². The second-order valence-electron chi connectivity index (χ2n) is 5.84. The summed E-state index contributed by atoms with van der Waals surface area (Å²) in [6.45, 7) is 0. The van der Waals surface area contributed by atoms with Crippen molar-refractivity contribution >= 4 is 23.5 Å². The highest BCUT2D eigenvalue weighted by atomic mass is 35.5. The van der Waals surface area contributed by atoms with E-state index < -0.39 is 17.9 Å². The highest BCUT2D eigenvalue weighted by Crippen LogP contribution is 2.29. The van der Waals surface area contributed by atoms with Crippen LogP contribution in [0.15, 0.2) is 60.7 Å². The molecule has 6 nitrogen and oxygen atoms in total. The number of nitrogens with zero attached hydrogens (tertiary/aromatic N) is 2. The van der Waals surface area contributed by atoms with Gasteiger partial charge < -0.3 is 10.1 Å². The van der Waals surface area contributed by atoms with Gasteiger partial charge in [-0.25, -0.2) is 4.79 Å². The fourth-order valence-electron chi connectivity index (χ4n) is 2.75. The van der Waals surface area contributed by atoms with Gasteiger partial charge >= 0.3 is 5.97 Å². The highest BCUT2D eigenvalue weighted by molar-refractivity contribution is 6.33. The first kappa shape index (κ1) is 18.7. The molecule has 1 atom stereocenters. The molecule has 27 heavy (non-hydrogen) atoms. The molecule has 7 heteroatoms. The first-order valence-electron chi connectivity index (χ1n) is 8.24. The van der Waals surface area contributed by atoms with E-state index in [-0.39, 0.29) is 10.7 Å². The minimum absolute atomic E-state index is 0.183. The van der Waals surface area contributed by atoms with Gasteiger partial charge in [-0.05, 0) is 5.56 Å². The molecule has 0 aliphatic carbocycles. The van der Waals surface area contributed by atoms with E-state index in [1.807, 2.05) is 36.4 Å². The van der Waals surface area contributed by atoms with Gasteiger partial charge in [0, 0.05) is 12.6 Å². The van der Waals surface area contributed by atoms with Crippen molar-refractivity contribution in [2.24, 2.45) is 7.05 Å². The van der Waals surface area contributed by atoms with Crippen molar-refractivity contribution in [2.75, 3.05) is 7.11 Å². The Morgan fingerprint density at radius 3 is 2.26 bits per heavy atom. The maximum Gasteiger partial charge on any atom is 0.333 e. The fraction of sp³-hybridized carbons (Fsp3) is 0.150. The lowest BCUT2D eigenvalue weighted by atomic mass is 10.0. The lowest BCUT2D eigenvalue weighted by Gasteiger charge is -2.17. The molecule has 1 N–H and O–H groups in total. The largest absolute Gasteiger partial charge is 0.467 e. The Balaban J connectivity index is 1.99. The number of aryl methyl sites for hydroxylation is 1. The van der Waals surface area contributed by atoms with Crippen LogP contribution in [0, 0.1) is 0 Å². The van der Waals surface area contributed by atoms with E-state index in [9.17, 15) is 9.59 Å². The van der Waals surface area contributed by atoms with Crippen molar-refractivity contribution in [3.8, 4) is 11.3 Å². The predicted molar refractivity (Wildman–Crippen MR) is 102 cm³/mol. The highest BCUT2D eigenvalue weighted by Gasteiger charge is 2.28. The molecule has 0 radical (unpaired) electrons. The lowest BCUT2D eigenvalue weighted by molar-refractivity contribution is -0.143. The standard InChI is InChI=1S/C20H18ClN3O3/c1-24-18(21)15(16(23-24)13-9-5-3-6-10-13)19(25)22-17(20(26)27-2)14-11-7-4-8-12-14/h3-12,17H,1-2H3,(H,22,25). The minimum Gasteiger partial charge on any atom is -0.467 e. The maximum absolute atomic E-state index is 13.0. The third-order valence-corrected chi connectivity index (χ3v) is 4.53. The molecule has 0 bridgehead atoms. The molecular weight excluding hydrogens is 366 g/mol. The first-order valence-corrected chi connectivity index (χ1v) is 8.62. The van der Waals surface area contributed by atoms with E-state index in [1.54, 1.807) is 31.3 Å². The Morgan fingerprint density at radius 2 is 1.67 bits per heavy atom. The van der Waals surface area contributed by atoms with Crippen LogP contribution in [0.4, 0.5) is 0 Å². The molecule has 3 aromatic rings. The third-order valence-electron chi connectivity index (χ3n) is 4.10. The Hall–Kier alpha value is -3.12. The number of methoxy groups -OCH3 is 1. The van der Waals surface area contributed by atoms with Crippen LogP contribution < -0.4 is 5.32 Å². The minimum atomic E-state index is -0.955. The molecule has 3 rings (SSSR count). The monoisotopic (exact) mass is 383 g/mol. The van der Waals surface area contributed by atoms with Gasteiger partial charge in [-0.2, -0.15) is 5.10 Å². The van der Waals surface area contributed by atoms with Crippen molar-refractivity contribution in [2.45, 2.75) is 6.04 Å². The number of halogens is 1. The summed E-state index contributed by atoms with van der Waals surface area (Å²) in [6.07, 6.45) is 0. The summed E-state index contributed by atoms with van der Waals surface area (Å²) in [4.78, 5) is 25.3. The number of aromatic nitrogens is 2. The molecule has 138 valence electrons. The van der Waals surface area contributed by atoms with E-state index >= 15 is 0 Å². The first-order chi connectivity index (χ1) is 13.0. The normalized spacial score (nSPS) is 11.7. The molecule has 0 aliphatic rings. The van der Waals surface area contributed by atoms with Crippen LogP contribution in [0.25, 0.3) is 11.3 Å². The number of carbonyl (C=O) groups is 2. The van der Waals surface area contributed by atoms with Crippen LogP contribution in [-0.4, -0.2) is 28.8 Å². The summed E-state index contributed by atoms with van der Waals surface area (Å²) in [5, 5.41) is 7.25. The quantitative estimate of drug-likeness (QED) is 0.685. The number of amides is 1. The van der Waals surface area contributed by atoms with Gasteiger partial charge in [0.25, 0.3) is 5.91 Å². The fourth-order valence-corrected chi connectivity index (χ4v) is 2.96. The smallest absolute Gasteiger partial charge is 0.333 e. The maximum atomic E-state index is 13.0. The average Bonchev–Trinajstić information content (AvgIpc) is 3.01. The molecule has 0 fully saturated rings. The molecule has 1 aromatic heterocycles. The molecular formula is C20H18ClN3O3. The molecule has 0 aliphatic heterocycles. The number of hydrogen-bond acceptors (Lipinski definition) is 4. The number of ether oxygens (including phenoxy) is 1. The lowest BCUT2D eigenvalue weighted by Crippen LogP contribution is -2.34. The van der Waals surface area contributed by atoms with Crippen molar-refractivity contribution < 1.29 is 14.3 Å². The van der Waals surface area contributed by atoms with Gasteiger partial charge in [0.15, 0.2) is 6.04 Å². The van der Waals surface area contributed by atoms with Gasteiger partial charge in [-0.1, -0.05) is 72.3 Å². The topological polar surface area (TPSA) is 73.2 Å². The zero-order valence-corrected chi connectivity index (χ0v) is 15.6. The van der Waals surface area contributed by atoms with Gasteiger partial charge in [-0.3, -0.25) is 9.48 Å². The molecule has 0 spiro atoms. The average molecular weight is 384 g/mol. The molecule has 2 aromatic carbocycles. The Labute approximate surface area is 161 Å². The summed E-state index contributed by atoms with van der Waals surface area (Å²) in [5.41, 5.74) is 2.01. The van der Waals surface area contributed by atoms with E-state index in [1.165, 1.54) is 11.8 Å². The van der Waals surface area contributed by atoms with Crippen molar-refractivity contribution in [3.63, 3.8) is 0 Å². The van der Waals surface area contributed by atoms with Crippen molar-refractivity contribution in [1.82, 2.24) is 15.1 Å².